The largest absolute Gasteiger partial charge is 0.294 e. The van der Waals surface area contributed by atoms with Crippen LogP contribution in [-0.4, -0.2) is 11.6 Å². The average molecular weight is 251 g/mol. The molecule has 0 atom stereocenters. The van der Waals surface area contributed by atoms with Crippen molar-refractivity contribution in [2.45, 2.75) is 12.8 Å². The number of ketones is 2. The lowest BCUT2D eigenvalue weighted by atomic mass is 10.1. The summed E-state index contributed by atoms with van der Waals surface area (Å²) in [5.41, 5.74) is 0.109. The number of hydrogen-bond acceptors (Lipinski definition) is 2. The first-order valence-electron chi connectivity index (χ1n) is 8.03. The van der Waals surface area contributed by atoms with Crippen molar-refractivity contribution in [1.82, 2.24) is 0 Å². The Kier molecular flexibility index (Phi) is 2.39. The van der Waals surface area contributed by atoms with E-state index in [-0.39, 0.29) is 24.2 Å². The van der Waals surface area contributed by atoms with E-state index >= 15 is 0 Å². The summed E-state index contributed by atoms with van der Waals surface area (Å²) < 4.78 is 38.1. The fourth-order valence-corrected chi connectivity index (χ4v) is 1.51. The number of benzene rings is 2. The molecular weight excluding hydrogens is 232 g/mol. The molecule has 0 aliphatic heterocycles. The van der Waals surface area contributed by atoms with Crippen molar-refractivity contribution in [3.63, 3.8) is 0 Å². The van der Waals surface area contributed by atoms with Gasteiger partial charge in [0.15, 0.2) is 11.6 Å². The summed E-state index contributed by atoms with van der Waals surface area (Å²) in [5.74, 6) is -0.863. The van der Waals surface area contributed by atoms with E-state index in [0.29, 0.717) is 5.56 Å². The van der Waals surface area contributed by atoms with Crippen LogP contribution in [0.25, 0.3) is 0 Å². The second kappa shape index (κ2) is 5.92. The van der Waals surface area contributed by atoms with Gasteiger partial charge in [-0.3, -0.25) is 9.59 Å². The molecule has 0 spiro atoms. The Morgan fingerprint density at radius 2 is 1.39 bits per heavy atom. The van der Waals surface area contributed by atoms with Crippen molar-refractivity contribution >= 4 is 11.6 Å². The van der Waals surface area contributed by atoms with Crippen LogP contribution in [0.15, 0.2) is 60.5 Å². The minimum absolute atomic E-state index is 0.0784. The Bertz CT molecular complexity index is 743. The highest BCUT2D eigenvalue weighted by Crippen LogP contribution is 2.09. The third-order valence-electron chi connectivity index (χ3n) is 2.45. The van der Waals surface area contributed by atoms with E-state index in [9.17, 15) is 9.59 Å². The van der Waals surface area contributed by atoms with Crippen LogP contribution in [0.3, 0.4) is 0 Å². The van der Waals surface area contributed by atoms with Gasteiger partial charge in [-0.05, 0) is 0 Å². The lowest BCUT2D eigenvalue weighted by Gasteiger charge is -2.01. The predicted octanol–water partition coefficient (Wildman–Crippen LogP) is 3.53. The molecule has 2 heteroatoms. The molecular formula is C16H14O2. The zero-order chi connectivity index (χ0) is 17.1. The average Bonchev–Trinajstić information content (AvgIpc) is 2.57. The maximum atomic E-state index is 12.2. The van der Waals surface area contributed by atoms with Crippen LogP contribution in [0.2, 0.25) is 0 Å². The number of carbonyl (C=O) groups excluding carboxylic acids is 2. The fourth-order valence-electron chi connectivity index (χ4n) is 1.51. The van der Waals surface area contributed by atoms with Gasteiger partial charge in [0.2, 0.25) is 0 Å². The summed E-state index contributed by atoms with van der Waals surface area (Å²) in [5, 5.41) is 0. The smallest absolute Gasteiger partial charge is 0.163 e. The normalized spacial score (nSPS) is 13.9. The molecule has 18 heavy (non-hydrogen) atoms. The fraction of sp³-hybridized carbons (Fsp3) is 0.125. The highest BCUT2D eigenvalue weighted by atomic mass is 16.2. The molecule has 0 unspecified atom stereocenters. The topological polar surface area (TPSA) is 34.1 Å². The molecule has 0 radical (unpaired) electrons. The highest BCUT2D eigenvalue weighted by Gasteiger charge is 2.10. The molecule has 0 heterocycles. The van der Waals surface area contributed by atoms with Gasteiger partial charge in [-0.1, -0.05) is 60.5 Å². The van der Waals surface area contributed by atoms with Crippen LogP contribution < -0.4 is 0 Å². The van der Waals surface area contributed by atoms with E-state index in [1.165, 1.54) is 0 Å². The van der Waals surface area contributed by atoms with Gasteiger partial charge >= 0.3 is 0 Å². The van der Waals surface area contributed by atoms with Crippen LogP contribution in [0.1, 0.15) is 40.4 Å². The monoisotopic (exact) mass is 251 g/mol. The van der Waals surface area contributed by atoms with Crippen LogP contribution in [0.5, 0.6) is 0 Å². The van der Waals surface area contributed by atoms with E-state index in [0.717, 1.165) is 0 Å². The van der Waals surface area contributed by atoms with Crippen LogP contribution >= 0.6 is 0 Å². The Balaban J connectivity index is 2.21. The van der Waals surface area contributed by atoms with E-state index in [1.54, 1.807) is 30.3 Å². The highest BCUT2D eigenvalue weighted by molar-refractivity contribution is 6.02. The van der Waals surface area contributed by atoms with Crippen LogP contribution in [0, 0.1) is 0 Å². The second-order valence-corrected chi connectivity index (χ2v) is 3.71. The first-order chi connectivity index (χ1) is 10.8. The van der Waals surface area contributed by atoms with E-state index in [4.69, 9.17) is 6.85 Å². The van der Waals surface area contributed by atoms with Gasteiger partial charge in [0.25, 0.3) is 0 Å². The zero-order valence-corrected chi connectivity index (χ0v) is 9.62. The summed E-state index contributed by atoms with van der Waals surface area (Å²) in [6.07, 6.45) is -0.285. The standard InChI is InChI=1S/C16H14O2/c17-15(13-7-3-1-4-8-13)11-12-16(18)14-9-5-2-6-10-14/h1-10H,11-12H2/i1D,2+1,3D,4D,5+1,6+1,7D,8D,9+1,10+1,12+1,14+1,16+1. The molecule has 2 aromatic rings. The summed E-state index contributed by atoms with van der Waals surface area (Å²) in [7, 11) is 0. The van der Waals surface area contributed by atoms with Crippen molar-refractivity contribution in [2.75, 3.05) is 0 Å². The maximum absolute atomic E-state index is 12.2. The Morgan fingerprint density at radius 1 is 0.833 bits per heavy atom. The maximum Gasteiger partial charge on any atom is 0.163 e. The molecule has 0 bridgehead atoms. The lowest BCUT2D eigenvalue weighted by molar-refractivity contribution is 0.0917. The predicted molar refractivity (Wildman–Crippen MR) is 70.8 cm³/mol. The SMILES string of the molecule is [2H]c1c([2H])c([2H])c(C(=O)C[13CH2][13C](=O)[13c]2[13cH][13cH][13cH][13cH][13cH]2)c([2H])c1[2H]. The minimum atomic E-state index is -0.633. The van der Waals surface area contributed by atoms with Crippen molar-refractivity contribution in [2.24, 2.45) is 0 Å². The molecule has 0 aromatic heterocycles. The molecule has 0 saturated carbocycles. The van der Waals surface area contributed by atoms with Gasteiger partial charge in [0, 0.05) is 24.0 Å². The molecule has 2 aromatic carbocycles. The van der Waals surface area contributed by atoms with Crippen molar-refractivity contribution in [3.8, 4) is 0 Å². The summed E-state index contributed by atoms with van der Waals surface area (Å²) in [4.78, 5) is 24.2. The molecule has 2 nitrogen and oxygen atoms in total. The zero-order valence-electron chi connectivity index (χ0n) is 14.6. The summed E-state index contributed by atoms with van der Waals surface area (Å²) >= 11 is 0. The third kappa shape index (κ3) is 3.14. The van der Waals surface area contributed by atoms with Gasteiger partial charge < -0.3 is 0 Å². The van der Waals surface area contributed by atoms with Crippen molar-refractivity contribution in [1.29, 1.82) is 0 Å². The van der Waals surface area contributed by atoms with E-state index < -0.39 is 36.0 Å². The first-order valence-corrected chi connectivity index (χ1v) is 5.53. The van der Waals surface area contributed by atoms with Gasteiger partial charge in [0.05, 0.1) is 6.85 Å². The number of Topliss-reactive ketones (excluding diaryl/α,β-unsaturated/α-hetero) is 2. The Labute approximate surface area is 113 Å². The van der Waals surface area contributed by atoms with Gasteiger partial charge in [-0.15, -0.1) is 0 Å². The van der Waals surface area contributed by atoms with E-state index in [1.807, 2.05) is 0 Å². The quantitative estimate of drug-likeness (QED) is 0.601. The number of rotatable bonds is 5. The third-order valence-corrected chi connectivity index (χ3v) is 2.45. The lowest BCUT2D eigenvalue weighted by Crippen LogP contribution is -2.05. The molecule has 90 valence electrons. The molecule has 0 saturated heterocycles. The number of carbonyl (C=O) groups is 2. The number of hydrogen-bond donors (Lipinski definition) is 0. The first kappa shape index (κ1) is 7.27. The molecule has 0 amide bonds. The summed E-state index contributed by atoms with van der Waals surface area (Å²) in [6, 6.07) is 5.75. The van der Waals surface area contributed by atoms with E-state index in [2.05, 4.69) is 0 Å². The van der Waals surface area contributed by atoms with Gasteiger partial charge in [-0.25, -0.2) is 0 Å². The Morgan fingerprint density at radius 3 is 2.00 bits per heavy atom. The van der Waals surface area contributed by atoms with Gasteiger partial charge in [-0.2, -0.15) is 0 Å². The van der Waals surface area contributed by atoms with Crippen LogP contribution in [0.4, 0.5) is 0 Å². The van der Waals surface area contributed by atoms with Crippen LogP contribution in [-0.2, 0) is 0 Å². The Hall–Kier alpha value is -2.22. The molecule has 0 aliphatic carbocycles. The molecule has 2 rings (SSSR count). The van der Waals surface area contributed by atoms with Crippen molar-refractivity contribution in [3.05, 3.63) is 71.7 Å². The molecule has 0 fully saturated rings. The summed E-state index contributed by atoms with van der Waals surface area (Å²) in [6.45, 7) is 0. The molecule has 0 aliphatic rings. The molecule has 0 N–H and O–H groups in total. The van der Waals surface area contributed by atoms with Crippen molar-refractivity contribution < 1.29 is 16.4 Å². The second-order valence-electron chi connectivity index (χ2n) is 3.71. The minimum Gasteiger partial charge on any atom is -0.294 e. The van der Waals surface area contributed by atoms with Gasteiger partial charge in [0.1, 0.15) is 0 Å².